The third-order valence-corrected chi connectivity index (χ3v) is 8.41. The fourth-order valence-electron chi connectivity index (χ4n) is 6.20. The summed E-state index contributed by atoms with van der Waals surface area (Å²) in [7, 11) is 3.62. The molecule has 0 radical (unpaired) electrons. The zero-order valence-electron chi connectivity index (χ0n) is 22.5. The van der Waals surface area contributed by atoms with Gasteiger partial charge in [-0.2, -0.15) is 5.10 Å². The highest BCUT2D eigenvalue weighted by molar-refractivity contribution is 5.71. The van der Waals surface area contributed by atoms with Gasteiger partial charge in [-0.3, -0.25) is 0 Å². The van der Waals surface area contributed by atoms with Crippen LogP contribution in [0.4, 0.5) is 5.69 Å². The molecule has 2 aliphatic rings. The van der Waals surface area contributed by atoms with Crippen LogP contribution in [0.3, 0.4) is 0 Å². The highest BCUT2D eigenvalue weighted by Crippen LogP contribution is 2.53. The lowest BCUT2D eigenvalue weighted by molar-refractivity contribution is -0.0951. The number of fused-ring (bicyclic) bond motifs is 1. The number of anilines is 1. The van der Waals surface area contributed by atoms with Gasteiger partial charge in [0.1, 0.15) is 11.4 Å². The van der Waals surface area contributed by atoms with Crippen molar-refractivity contribution in [3.05, 3.63) is 102 Å². The number of aliphatic hydroxyl groups is 2. The molecule has 2 unspecified atom stereocenters. The Kier molecular flexibility index (Phi) is 6.01. The molecule has 1 saturated carbocycles. The summed E-state index contributed by atoms with van der Waals surface area (Å²) in [5, 5.41) is 39.2. The van der Waals surface area contributed by atoms with Gasteiger partial charge in [0, 0.05) is 41.2 Å². The Balaban J connectivity index is 1.39. The van der Waals surface area contributed by atoms with E-state index in [1.165, 1.54) is 10.2 Å². The fraction of sp³-hybridized carbons (Fsp3) is 0.281. The van der Waals surface area contributed by atoms with E-state index in [1.807, 2.05) is 55.6 Å². The smallest absolute Gasteiger partial charge is 0.218 e. The van der Waals surface area contributed by atoms with Gasteiger partial charge >= 0.3 is 0 Å². The van der Waals surface area contributed by atoms with Crippen LogP contribution in [0, 0.1) is 5.92 Å². The van der Waals surface area contributed by atoms with Gasteiger partial charge in [-0.05, 0) is 35.9 Å². The van der Waals surface area contributed by atoms with E-state index in [0.717, 1.165) is 16.9 Å². The number of rotatable bonds is 5. The zero-order valence-corrected chi connectivity index (χ0v) is 22.5. The van der Waals surface area contributed by atoms with E-state index in [9.17, 15) is 15.3 Å². The Hall–Kier alpha value is -4.07. The third-order valence-electron chi connectivity index (χ3n) is 8.41. The maximum absolute atomic E-state index is 11.5. The highest BCUT2D eigenvalue weighted by atomic mass is 16.5. The first-order chi connectivity index (χ1) is 18.7. The fourth-order valence-corrected chi connectivity index (χ4v) is 6.20. The summed E-state index contributed by atoms with van der Waals surface area (Å²) in [5.41, 5.74) is 5.51. The molecule has 0 saturated heterocycles. The maximum atomic E-state index is 11.5. The lowest BCUT2D eigenvalue weighted by atomic mass is 9.64. The van der Waals surface area contributed by atoms with E-state index in [-0.39, 0.29) is 11.3 Å². The van der Waals surface area contributed by atoms with Gasteiger partial charge in [0.2, 0.25) is 5.88 Å². The number of hydrogen-bond donors (Lipinski definition) is 3. The minimum absolute atomic E-state index is 0.0982. The molecule has 200 valence electrons. The summed E-state index contributed by atoms with van der Waals surface area (Å²) >= 11 is 0. The number of benzene rings is 3. The summed E-state index contributed by atoms with van der Waals surface area (Å²) in [6.07, 6.45) is 0.198. The van der Waals surface area contributed by atoms with E-state index in [1.54, 1.807) is 31.4 Å². The Morgan fingerprint density at radius 3 is 2.18 bits per heavy atom. The number of aromatic hydroxyl groups is 1. The Morgan fingerprint density at radius 1 is 0.897 bits per heavy atom. The van der Waals surface area contributed by atoms with Crippen LogP contribution in [0.2, 0.25) is 0 Å². The van der Waals surface area contributed by atoms with Crippen molar-refractivity contribution < 1.29 is 20.1 Å². The van der Waals surface area contributed by atoms with E-state index in [0.29, 0.717) is 22.7 Å². The van der Waals surface area contributed by atoms with E-state index in [2.05, 4.69) is 30.9 Å². The largest absolute Gasteiger partial charge is 0.497 e. The molecule has 0 spiro atoms. The van der Waals surface area contributed by atoms with Gasteiger partial charge in [-0.25, -0.2) is 4.68 Å². The van der Waals surface area contributed by atoms with Crippen LogP contribution in [0.5, 0.6) is 11.6 Å². The number of ether oxygens (including phenoxy) is 1. The van der Waals surface area contributed by atoms with E-state index in [4.69, 9.17) is 9.84 Å². The van der Waals surface area contributed by atoms with Gasteiger partial charge in [0.25, 0.3) is 0 Å². The van der Waals surface area contributed by atoms with Crippen molar-refractivity contribution in [3.63, 3.8) is 0 Å². The molecule has 2 atom stereocenters. The number of methoxy groups -OCH3 is 1. The molecule has 3 N–H and O–H groups in total. The molecule has 7 nitrogen and oxygen atoms in total. The molecule has 39 heavy (non-hydrogen) atoms. The van der Waals surface area contributed by atoms with E-state index >= 15 is 0 Å². The average Bonchev–Trinajstić information content (AvgIpc) is 3.38. The predicted molar refractivity (Wildman–Crippen MR) is 151 cm³/mol. The minimum Gasteiger partial charge on any atom is -0.497 e. The number of hydrogen-bond acceptors (Lipinski definition) is 6. The van der Waals surface area contributed by atoms with Crippen LogP contribution >= 0.6 is 0 Å². The van der Waals surface area contributed by atoms with Crippen LogP contribution in [-0.4, -0.2) is 51.5 Å². The summed E-state index contributed by atoms with van der Waals surface area (Å²) in [6.45, 7) is 4.32. The van der Waals surface area contributed by atoms with Gasteiger partial charge in [0.05, 0.1) is 30.6 Å². The van der Waals surface area contributed by atoms with Crippen LogP contribution in [0.25, 0.3) is 16.9 Å². The Labute approximate surface area is 228 Å². The van der Waals surface area contributed by atoms with Crippen LogP contribution < -0.4 is 9.64 Å². The van der Waals surface area contributed by atoms with Gasteiger partial charge in [0.15, 0.2) is 0 Å². The number of nitrogens with zero attached hydrogens (tertiary/aromatic N) is 3. The highest BCUT2D eigenvalue weighted by Gasteiger charge is 2.53. The predicted octanol–water partition coefficient (Wildman–Crippen LogP) is 5.00. The van der Waals surface area contributed by atoms with Crippen LogP contribution in [0.15, 0.2) is 90.6 Å². The van der Waals surface area contributed by atoms with Crippen molar-refractivity contribution >= 4 is 5.69 Å². The molecule has 4 aromatic rings. The molecular formula is C32H33N3O4. The minimum atomic E-state index is -0.901. The Bertz CT molecular complexity index is 1530. The summed E-state index contributed by atoms with van der Waals surface area (Å²) < 4.78 is 6.72. The third kappa shape index (κ3) is 3.84. The van der Waals surface area contributed by atoms with Crippen molar-refractivity contribution in [2.75, 3.05) is 19.1 Å². The first-order valence-electron chi connectivity index (χ1n) is 13.2. The number of likely N-dealkylation sites (N-methyl/N-ethyl adjacent to an activating group) is 1. The lowest BCUT2D eigenvalue weighted by Gasteiger charge is -2.46. The normalized spacial score (nSPS) is 24.5. The molecule has 1 fully saturated rings. The van der Waals surface area contributed by atoms with Crippen LogP contribution in [-0.2, 0) is 5.41 Å². The number of aliphatic hydroxyl groups excluding tert-OH is 2. The molecule has 1 aliphatic heterocycles. The average molecular weight is 524 g/mol. The summed E-state index contributed by atoms with van der Waals surface area (Å²) in [4.78, 5) is 2.14. The van der Waals surface area contributed by atoms with Crippen molar-refractivity contribution in [2.24, 2.45) is 5.92 Å². The molecule has 6 rings (SSSR count). The Morgan fingerprint density at radius 2 is 1.54 bits per heavy atom. The first-order valence-corrected chi connectivity index (χ1v) is 13.2. The van der Waals surface area contributed by atoms with Gasteiger partial charge in [-0.1, -0.05) is 68.5 Å². The van der Waals surface area contributed by atoms with Gasteiger partial charge < -0.3 is 25.0 Å². The second kappa shape index (κ2) is 9.29. The molecule has 1 aliphatic carbocycles. The molecule has 0 amide bonds. The molecule has 2 heterocycles. The van der Waals surface area contributed by atoms with Crippen molar-refractivity contribution in [1.29, 1.82) is 0 Å². The molecule has 3 aromatic carbocycles. The van der Waals surface area contributed by atoms with Crippen molar-refractivity contribution in [3.8, 4) is 28.6 Å². The maximum Gasteiger partial charge on any atom is 0.218 e. The number of allylic oxidation sites excluding steroid dienone is 1. The SMILES string of the molecule is COc1ccc(-n2nc(-c3ccccc3)c(C3C(O)C(C=C4N(C)c5ccccc5C4(C)C)C3O)c2O)cc1. The van der Waals surface area contributed by atoms with Crippen molar-refractivity contribution in [2.45, 2.75) is 37.4 Å². The summed E-state index contributed by atoms with van der Waals surface area (Å²) in [5.74, 6) is -0.602. The van der Waals surface area contributed by atoms with Gasteiger partial charge in [-0.15, -0.1) is 0 Å². The number of aromatic nitrogens is 2. The van der Waals surface area contributed by atoms with Crippen molar-refractivity contribution in [1.82, 2.24) is 9.78 Å². The first kappa shape index (κ1) is 25.2. The standard InChI is InChI=1S/C32H33N3O4/c1-32(2)23-12-8-9-13-24(23)34(3)25(32)18-22-29(36)27(30(22)37)26-28(19-10-6-5-7-11-19)33-35(31(26)38)20-14-16-21(39-4)17-15-20/h5-18,22,27,29-30,36-38H,1-4H3. The molecule has 1 aromatic heterocycles. The second-order valence-electron chi connectivity index (χ2n) is 10.9. The second-order valence-corrected chi connectivity index (χ2v) is 10.9. The number of para-hydroxylation sites is 1. The molecular weight excluding hydrogens is 490 g/mol. The van der Waals surface area contributed by atoms with Crippen LogP contribution in [0.1, 0.15) is 30.9 Å². The monoisotopic (exact) mass is 523 g/mol. The molecule has 7 heteroatoms. The quantitative estimate of drug-likeness (QED) is 0.341. The zero-order chi connectivity index (χ0) is 27.5. The topological polar surface area (TPSA) is 91.0 Å². The van der Waals surface area contributed by atoms with E-state index < -0.39 is 24.0 Å². The molecule has 0 bridgehead atoms. The lowest BCUT2D eigenvalue weighted by Crippen LogP contribution is -2.53. The summed E-state index contributed by atoms with van der Waals surface area (Å²) in [6, 6.07) is 25.0.